The Balaban J connectivity index is 0.000000830. The fourth-order valence-corrected chi connectivity index (χ4v) is 2.20. The van der Waals surface area contributed by atoms with Gasteiger partial charge in [0.2, 0.25) is 0 Å². The van der Waals surface area contributed by atoms with Crippen molar-refractivity contribution in [2.24, 2.45) is 0 Å². The van der Waals surface area contributed by atoms with E-state index < -0.39 is 0 Å². The molecule has 2 rings (SSSR count). The number of benzene rings is 1. The van der Waals surface area contributed by atoms with Gasteiger partial charge in [-0.3, -0.25) is 0 Å². The average molecular weight is 254 g/mol. The molecular formula is C18H22O. The van der Waals surface area contributed by atoms with Gasteiger partial charge in [0, 0.05) is 7.00 Å². The molecule has 1 aliphatic rings. The molecule has 100 valence electrons. The monoisotopic (exact) mass is 254 g/mol. The summed E-state index contributed by atoms with van der Waals surface area (Å²) in [4.78, 5) is 0. The smallest absolute Gasteiger partial charge is 0.115 e. The van der Waals surface area contributed by atoms with Gasteiger partial charge in [0.25, 0.3) is 0 Å². The quantitative estimate of drug-likeness (QED) is 0.686. The van der Waals surface area contributed by atoms with Crippen LogP contribution >= 0.6 is 0 Å². The van der Waals surface area contributed by atoms with Crippen molar-refractivity contribution in [2.75, 3.05) is 6.61 Å². The van der Waals surface area contributed by atoms with Gasteiger partial charge in [-0.2, -0.15) is 0 Å². The number of hydrogen-bond acceptors (Lipinski definition) is 1. The topological polar surface area (TPSA) is 9.23 Å². The molecule has 1 unspecified atom stereocenters. The van der Waals surface area contributed by atoms with Crippen molar-refractivity contribution in [3.63, 3.8) is 0 Å². The number of aryl methyl sites for hydroxylation is 1. The van der Waals surface area contributed by atoms with Crippen LogP contribution < -0.4 is 0 Å². The molecule has 1 aromatic rings. The first-order valence-corrected chi connectivity index (χ1v) is 6.34. The normalized spacial score (nSPS) is 15.8. The van der Waals surface area contributed by atoms with Gasteiger partial charge in [-0.05, 0) is 43.9 Å². The van der Waals surface area contributed by atoms with Crippen LogP contribution in [0.25, 0.3) is 0 Å². The highest BCUT2D eigenvalue weighted by atomic mass is 16.5. The molecule has 0 amide bonds. The fraction of sp³-hybridized carbons (Fsp3) is 0.333. The van der Waals surface area contributed by atoms with Crippen molar-refractivity contribution in [3.8, 4) is 24.2 Å². The Labute approximate surface area is 118 Å². The van der Waals surface area contributed by atoms with E-state index in [1.54, 1.807) is 6.92 Å². The van der Waals surface area contributed by atoms with Gasteiger partial charge < -0.3 is 4.74 Å². The minimum absolute atomic E-state index is 0. The van der Waals surface area contributed by atoms with E-state index in [1.165, 1.54) is 16.7 Å². The lowest BCUT2D eigenvalue weighted by Crippen LogP contribution is -2.18. The molecule has 0 aromatic heterocycles. The lowest BCUT2D eigenvalue weighted by molar-refractivity contribution is 0.0702. The Kier molecular flexibility index (Phi) is 5.94. The second-order valence-corrected chi connectivity index (χ2v) is 4.33. The largest absolute Gasteiger partial charge is 0.368 e. The molecule has 19 heavy (non-hydrogen) atoms. The first kappa shape index (κ1) is 15.1. The van der Waals surface area contributed by atoms with E-state index in [0.29, 0.717) is 0 Å². The van der Waals surface area contributed by atoms with E-state index in [2.05, 4.69) is 55.9 Å². The van der Waals surface area contributed by atoms with Crippen molar-refractivity contribution < 1.29 is 6.16 Å². The highest BCUT2D eigenvalue weighted by Crippen LogP contribution is 2.33. The number of terminal acetylenes is 1. The molecule has 0 saturated heterocycles. The summed E-state index contributed by atoms with van der Waals surface area (Å²) in [6, 6.07) is 6.34. The summed E-state index contributed by atoms with van der Waals surface area (Å²) in [5.41, 5.74) is 4.83. The lowest BCUT2D eigenvalue weighted by atomic mass is 9.91. The molecule has 0 radical (unpaired) electrons. The van der Waals surface area contributed by atoms with Crippen LogP contribution in [0, 0.1) is 31.1 Å². The Hall–Kier alpha value is -1.96. The van der Waals surface area contributed by atoms with E-state index >= 15 is 0 Å². The Morgan fingerprint density at radius 2 is 2.16 bits per heavy atom. The SMILES string of the molecule is C#CC.C=C(C#CC)C1OCCc2c(C)cccc21.[HH]. The molecule has 0 bridgehead atoms. The fourth-order valence-electron chi connectivity index (χ4n) is 2.20. The molecule has 1 aliphatic heterocycles. The van der Waals surface area contributed by atoms with Crippen LogP contribution in [-0.4, -0.2) is 6.61 Å². The van der Waals surface area contributed by atoms with E-state index in [0.717, 1.165) is 18.6 Å². The number of ether oxygens (including phenoxy) is 1. The van der Waals surface area contributed by atoms with Gasteiger partial charge in [0.1, 0.15) is 6.10 Å². The van der Waals surface area contributed by atoms with Crippen LogP contribution in [0.1, 0.15) is 38.1 Å². The van der Waals surface area contributed by atoms with Gasteiger partial charge in [-0.15, -0.1) is 18.3 Å². The second kappa shape index (κ2) is 7.47. The maximum atomic E-state index is 5.77. The predicted molar refractivity (Wildman–Crippen MR) is 82.8 cm³/mol. The Bertz CT molecular complexity index is 555. The van der Waals surface area contributed by atoms with Crippen LogP contribution in [0.5, 0.6) is 0 Å². The third-order valence-electron chi connectivity index (χ3n) is 2.97. The van der Waals surface area contributed by atoms with Crippen molar-refractivity contribution in [1.29, 1.82) is 0 Å². The minimum atomic E-state index is -0.0453. The summed E-state index contributed by atoms with van der Waals surface area (Å²) in [5.74, 6) is 8.14. The highest BCUT2D eigenvalue weighted by Gasteiger charge is 2.23. The van der Waals surface area contributed by atoms with E-state index in [4.69, 9.17) is 4.74 Å². The minimum Gasteiger partial charge on any atom is -0.368 e. The molecule has 0 fully saturated rings. The van der Waals surface area contributed by atoms with Crippen molar-refractivity contribution >= 4 is 0 Å². The lowest BCUT2D eigenvalue weighted by Gasteiger charge is -2.27. The maximum Gasteiger partial charge on any atom is 0.115 e. The molecule has 1 nitrogen and oxygen atoms in total. The van der Waals surface area contributed by atoms with E-state index in [-0.39, 0.29) is 7.53 Å². The van der Waals surface area contributed by atoms with Gasteiger partial charge in [-0.1, -0.05) is 30.7 Å². The summed E-state index contributed by atoms with van der Waals surface area (Å²) in [6.07, 6.45) is 5.54. The van der Waals surface area contributed by atoms with Crippen LogP contribution in [0.3, 0.4) is 0 Å². The van der Waals surface area contributed by atoms with Gasteiger partial charge in [-0.25, -0.2) is 0 Å². The molecule has 1 aromatic carbocycles. The molecular weight excluding hydrogens is 232 g/mol. The zero-order valence-electron chi connectivity index (χ0n) is 11.9. The second-order valence-electron chi connectivity index (χ2n) is 4.33. The molecule has 0 aliphatic carbocycles. The number of rotatable bonds is 1. The van der Waals surface area contributed by atoms with Crippen LogP contribution in [0.15, 0.2) is 30.4 Å². The van der Waals surface area contributed by atoms with Crippen LogP contribution in [0.2, 0.25) is 0 Å². The van der Waals surface area contributed by atoms with Crippen LogP contribution in [0.4, 0.5) is 0 Å². The van der Waals surface area contributed by atoms with Gasteiger partial charge in [0.15, 0.2) is 0 Å². The summed E-state index contributed by atoms with van der Waals surface area (Å²) in [5, 5.41) is 0. The summed E-state index contributed by atoms with van der Waals surface area (Å²) < 4.78 is 5.77. The third-order valence-corrected chi connectivity index (χ3v) is 2.97. The molecule has 1 heteroatoms. The van der Waals surface area contributed by atoms with E-state index in [9.17, 15) is 0 Å². The average Bonchev–Trinajstić information content (AvgIpc) is 2.40. The zero-order valence-corrected chi connectivity index (χ0v) is 11.9. The van der Waals surface area contributed by atoms with Crippen molar-refractivity contribution in [3.05, 3.63) is 47.0 Å². The number of hydrogen-bond donors (Lipinski definition) is 0. The van der Waals surface area contributed by atoms with E-state index in [1.807, 2.05) is 6.92 Å². The Morgan fingerprint density at radius 3 is 2.79 bits per heavy atom. The standard InChI is InChI=1S/C15H16O.C3H4.H2/c1-4-6-12(3)15-14-8-5-7-11(2)13(14)9-10-16-15;1-3-2;/h5,7-8,15H,3,9-10H2,1-2H3;1H,2H3;1H. The van der Waals surface area contributed by atoms with Gasteiger partial charge >= 0.3 is 0 Å². The summed E-state index contributed by atoms with van der Waals surface area (Å²) in [6.45, 7) is 10.4. The van der Waals surface area contributed by atoms with Crippen molar-refractivity contribution in [2.45, 2.75) is 33.3 Å². The first-order chi connectivity index (χ1) is 9.15. The van der Waals surface area contributed by atoms with Crippen molar-refractivity contribution in [1.82, 2.24) is 0 Å². The van der Waals surface area contributed by atoms with Crippen LogP contribution in [-0.2, 0) is 11.2 Å². The molecule has 1 heterocycles. The third kappa shape index (κ3) is 3.75. The molecule has 0 N–H and O–H groups in total. The molecule has 1 atom stereocenters. The van der Waals surface area contributed by atoms with Gasteiger partial charge in [0.05, 0.1) is 6.61 Å². The Morgan fingerprint density at radius 1 is 1.47 bits per heavy atom. The summed E-state index contributed by atoms with van der Waals surface area (Å²) in [7, 11) is 0. The summed E-state index contributed by atoms with van der Waals surface area (Å²) >= 11 is 0. The maximum absolute atomic E-state index is 5.77. The molecule has 0 spiro atoms. The highest BCUT2D eigenvalue weighted by molar-refractivity contribution is 5.44. The first-order valence-electron chi connectivity index (χ1n) is 6.34. The zero-order chi connectivity index (χ0) is 14.3. The molecule has 0 saturated carbocycles. The number of fused-ring (bicyclic) bond motifs is 1. The predicted octanol–water partition coefficient (Wildman–Crippen LogP) is 4.07.